The Kier molecular flexibility index (Phi) is 10.5. The van der Waals surface area contributed by atoms with Gasteiger partial charge >= 0.3 is 0 Å². The molecule has 2 rings (SSSR count). The van der Waals surface area contributed by atoms with Crippen LogP contribution in [0, 0.1) is 6.92 Å². The van der Waals surface area contributed by atoms with E-state index in [-0.39, 0.29) is 24.0 Å². The highest BCUT2D eigenvalue weighted by molar-refractivity contribution is 14.0. The Balaban J connectivity index is 0.00000312. The molecule has 0 aliphatic rings. The van der Waals surface area contributed by atoms with Gasteiger partial charge in [-0.05, 0) is 43.9 Å². The summed E-state index contributed by atoms with van der Waals surface area (Å²) < 4.78 is 5.24. The molecule has 25 heavy (non-hydrogen) atoms. The molecule has 0 aliphatic heterocycles. The summed E-state index contributed by atoms with van der Waals surface area (Å²) >= 11 is 1.75. The van der Waals surface area contributed by atoms with Gasteiger partial charge in [0.05, 0.1) is 12.1 Å². The van der Waals surface area contributed by atoms with Crippen LogP contribution in [-0.4, -0.2) is 31.6 Å². The zero-order valence-corrected chi connectivity index (χ0v) is 18.2. The van der Waals surface area contributed by atoms with Crippen molar-refractivity contribution in [2.75, 3.05) is 20.7 Å². The van der Waals surface area contributed by atoms with E-state index in [1.807, 2.05) is 25.1 Å². The van der Waals surface area contributed by atoms with Gasteiger partial charge in [-0.15, -0.1) is 35.3 Å². The molecule has 2 N–H and O–H groups in total. The SMILES string of the molecule is CN=C(NCCCCc1nc(C)cs1)NCc1cccc(OC)c1.I. The van der Waals surface area contributed by atoms with Crippen LogP contribution in [0.2, 0.25) is 0 Å². The van der Waals surface area contributed by atoms with Crippen molar-refractivity contribution in [3.63, 3.8) is 0 Å². The van der Waals surface area contributed by atoms with E-state index in [4.69, 9.17) is 4.74 Å². The summed E-state index contributed by atoms with van der Waals surface area (Å²) in [5.41, 5.74) is 2.28. The minimum absolute atomic E-state index is 0. The number of unbranched alkanes of at least 4 members (excludes halogenated alkanes) is 1. The van der Waals surface area contributed by atoms with Gasteiger partial charge in [-0.1, -0.05) is 12.1 Å². The Morgan fingerprint density at radius 2 is 2.12 bits per heavy atom. The third kappa shape index (κ3) is 8.04. The quantitative estimate of drug-likeness (QED) is 0.265. The maximum atomic E-state index is 5.24. The molecule has 0 unspecified atom stereocenters. The Morgan fingerprint density at radius 3 is 2.80 bits per heavy atom. The summed E-state index contributed by atoms with van der Waals surface area (Å²) in [6.07, 6.45) is 3.28. The number of aryl methyl sites for hydroxylation is 2. The highest BCUT2D eigenvalue weighted by atomic mass is 127. The second kappa shape index (κ2) is 12.1. The van der Waals surface area contributed by atoms with Crippen molar-refractivity contribution in [3.8, 4) is 5.75 Å². The summed E-state index contributed by atoms with van der Waals surface area (Å²) in [6.45, 7) is 3.66. The molecule has 0 saturated heterocycles. The van der Waals surface area contributed by atoms with Gasteiger partial charge in [-0.25, -0.2) is 4.98 Å². The zero-order chi connectivity index (χ0) is 17.2. The molecule has 0 saturated carbocycles. The van der Waals surface area contributed by atoms with Gasteiger partial charge in [0.25, 0.3) is 0 Å². The number of benzene rings is 1. The van der Waals surface area contributed by atoms with E-state index in [1.165, 1.54) is 5.01 Å². The molecular weight excluding hydrogens is 447 g/mol. The van der Waals surface area contributed by atoms with Gasteiger partial charge in [0, 0.05) is 31.2 Å². The standard InChI is InChI=1S/C18H26N4OS.HI/c1-14-13-24-17(22-14)9-4-5-10-20-18(19-2)21-12-15-7-6-8-16(11-15)23-3;/h6-8,11,13H,4-5,9-10,12H2,1-3H3,(H2,19,20,21);1H. The molecule has 0 amide bonds. The first-order valence-corrected chi connectivity index (χ1v) is 9.07. The minimum atomic E-state index is 0. The first-order chi connectivity index (χ1) is 11.7. The third-order valence-corrected chi connectivity index (χ3v) is 4.62. The molecule has 0 atom stereocenters. The van der Waals surface area contributed by atoms with Crippen LogP contribution in [0.3, 0.4) is 0 Å². The maximum absolute atomic E-state index is 5.24. The zero-order valence-electron chi connectivity index (χ0n) is 15.0. The topological polar surface area (TPSA) is 58.5 Å². The molecule has 1 heterocycles. The number of ether oxygens (including phenoxy) is 1. The molecule has 1 aromatic heterocycles. The van der Waals surface area contributed by atoms with Crippen molar-refractivity contribution in [1.29, 1.82) is 0 Å². The molecule has 0 aliphatic carbocycles. The maximum Gasteiger partial charge on any atom is 0.191 e. The molecule has 0 spiro atoms. The summed E-state index contributed by atoms with van der Waals surface area (Å²) in [4.78, 5) is 8.75. The predicted octanol–water partition coefficient (Wildman–Crippen LogP) is 3.77. The van der Waals surface area contributed by atoms with Gasteiger partial charge in [-0.2, -0.15) is 0 Å². The second-order valence-electron chi connectivity index (χ2n) is 5.54. The van der Waals surface area contributed by atoms with Crippen LogP contribution < -0.4 is 15.4 Å². The monoisotopic (exact) mass is 474 g/mol. The Bertz CT molecular complexity index is 660. The van der Waals surface area contributed by atoms with Crippen molar-refractivity contribution < 1.29 is 4.74 Å². The number of guanidine groups is 1. The summed E-state index contributed by atoms with van der Waals surface area (Å²) in [6, 6.07) is 8.03. The lowest BCUT2D eigenvalue weighted by Crippen LogP contribution is -2.37. The van der Waals surface area contributed by atoms with Crippen LogP contribution in [0.15, 0.2) is 34.6 Å². The number of halogens is 1. The van der Waals surface area contributed by atoms with Crippen LogP contribution in [0.5, 0.6) is 5.75 Å². The number of hydrogen-bond acceptors (Lipinski definition) is 4. The van der Waals surface area contributed by atoms with Gasteiger partial charge in [0.15, 0.2) is 5.96 Å². The van der Waals surface area contributed by atoms with E-state index in [9.17, 15) is 0 Å². The van der Waals surface area contributed by atoms with Gasteiger partial charge in [0.2, 0.25) is 0 Å². The average Bonchev–Trinajstić information content (AvgIpc) is 3.02. The van der Waals surface area contributed by atoms with E-state index < -0.39 is 0 Å². The minimum Gasteiger partial charge on any atom is -0.497 e. The number of aromatic nitrogens is 1. The normalized spacial score (nSPS) is 10.9. The number of hydrogen-bond donors (Lipinski definition) is 2. The number of aliphatic imine (C=N–C) groups is 1. The van der Waals surface area contributed by atoms with Crippen molar-refractivity contribution in [3.05, 3.63) is 45.9 Å². The molecule has 0 radical (unpaired) electrons. The molecular formula is C18H27IN4OS. The Labute approximate surface area is 171 Å². The lowest BCUT2D eigenvalue weighted by Gasteiger charge is -2.12. The molecule has 138 valence electrons. The van der Waals surface area contributed by atoms with Crippen LogP contribution in [0.4, 0.5) is 0 Å². The van der Waals surface area contributed by atoms with Crippen LogP contribution in [-0.2, 0) is 13.0 Å². The Morgan fingerprint density at radius 1 is 1.28 bits per heavy atom. The van der Waals surface area contributed by atoms with Crippen LogP contribution >= 0.6 is 35.3 Å². The highest BCUT2D eigenvalue weighted by Gasteiger charge is 2.01. The number of methoxy groups -OCH3 is 1. The average molecular weight is 474 g/mol. The molecule has 7 heteroatoms. The molecule has 0 bridgehead atoms. The van der Waals surface area contributed by atoms with E-state index in [1.54, 1.807) is 25.5 Å². The summed E-state index contributed by atoms with van der Waals surface area (Å²) in [5, 5.41) is 10.0. The molecule has 5 nitrogen and oxygen atoms in total. The Hall–Kier alpha value is -1.35. The lowest BCUT2D eigenvalue weighted by molar-refractivity contribution is 0.414. The fraction of sp³-hybridized carbons (Fsp3) is 0.444. The van der Waals surface area contributed by atoms with Crippen LogP contribution in [0.25, 0.3) is 0 Å². The highest BCUT2D eigenvalue weighted by Crippen LogP contribution is 2.12. The van der Waals surface area contributed by atoms with E-state index >= 15 is 0 Å². The largest absolute Gasteiger partial charge is 0.497 e. The second-order valence-corrected chi connectivity index (χ2v) is 6.49. The fourth-order valence-electron chi connectivity index (χ4n) is 2.31. The smallest absolute Gasteiger partial charge is 0.191 e. The lowest BCUT2D eigenvalue weighted by atomic mass is 10.2. The number of nitrogens with zero attached hydrogens (tertiary/aromatic N) is 2. The van der Waals surface area contributed by atoms with Crippen molar-refractivity contribution in [2.24, 2.45) is 4.99 Å². The molecule has 0 fully saturated rings. The first-order valence-electron chi connectivity index (χ1n) is 8.19. The molecule has 2 aromatic rings. The first kappa shape index (κ1) is 21.7. The van der Waals surface area contributed by atoms with Gasteiger partial charge in [0.1, 0.15) is 5.75 Å². The summed E-state index contributed by atoms with van der Waals surface area (Å²) in [5.74, 6) is 1.69. The van der Waals surface area contributed by atoms with Crippen molar-refractivity contribution in [1.82, 2.24) is 15.6 Å². The van der Waals surface area contributed by atoms with Gasteiger partial charge < -0.3 is 15.4 Å². The van der Waals surface area contributed by atoms with Crippen LogP contribution in [0.1, 0.15) is 29.1 Å². The van der Waals surface area contributed by atoms with Crippen molar-refractivity contribution >= 4 is 41.3 Å². The molecule has 1 aromatic carbocycles. The number of rotatable bonds is 8. The number of nitrogens with one attached hydrogen (secondary N) is 2. The third-order valence-electron chi connectivity index (χ3n) is 3.59. The van der Waals surface area contributed by atoms with Gasteiger partial charge in [-0.3, -0.25) is 4.99 Å². The summed E-state index contributed by atoms with van der Waals surface area (Å²) in [7, 11) is 3.47. The van der Waals surface area contributed by atoms with Crippen molar-refractivity contribution in [2.45, 2.75) is 32.7 Å². The van der Waals surface area contributed by atoms with E-state index in [2.05, 4.69) is 32.1 Å². The fourth-order valence-corrected chi connectivity index (χ4v) is 3.13. The van der Waals surface area contributed by atoms with E-state index in [0.29, 0.717) is 0 Å². The predicted molar refractivity (Wildman–Crippen MR) is 116 cm³/mol. The number of thiazole rings is 1. The van der Waals surface area contributed by atoms with E-state index in [0.717, 1.165) is 55.3 Å².